The molecule has 2 N–H and O–H groups in total. The Morgan fingerprint density at radius 3 is 2.80 bits per heavy atom. The standard InChI is InChI=1S/C9H14N2O3S/c1-6(12)15-5-8(13)9(14)7-3-4-10-11(7)2/h3-4,8-9,13-14H,5H2,1-2H3. The number of aromatic nitrogens is 2. The van der Waals surface area contributed by atoms with E-state index in [1.54, 1.807) is 19.3 Å². The van der Waals surface area contributed by atoms with Crippen molar-refractivity contribution in [2.45, 2.75) is 19.1 Å². The zero-order chi connectivity index (χ0) is 11.4. The van der Waals surface area contributed by atoms with Gasteiger partial charge in [-0.05, 0) is 6.07 Å². The van der Waals surface area contributed by atoms with Crippen molar-refractivity contribution in [3.63, 3.8) is 0 Å². The number of hydrogen-bond acceptors (Lipinski definition) is 5. The smallest absolute Gasteiger partial charge is 0.185 e. The number of aliphatic hydroxyl groups excluding tert-OH is 2. The summed E-state index contributed by atoms with van der Waals surface area (Å²) in [5, 5.41) is 23.1. The Balaban J connectivity index is 2.57. The number of nitrogens with zero attached hydrogens (tertiary/aromatic N) is 2. The molecule has 2 unspecified atom stereocenters. The fourth-order valence-electron chi connectivity index (χ4n) is 1.17. The van der Waals surface area contributed by atoms with Gasteiger partial charge in [0.15, 0.2) is 5.12 Å². The number of carbonyl (C=O) groups is 1. The van der Waals surface area contributed by atoms with Crippen LogP contribution in [0.1, 0.15) is 18.7 Å². The van der Waals surface area contributed by atoms with Crippen molar-refractivity contribution in [3.8, 4) is 0 Å². The highest BCUT2D eigenvalue weighted by Crippen LogP contribution is 2.19. The van der Waals surface area contributed by atoms with E-state index in [-0.39, 0.29) is 10.9 Å². The molecule has 0 aliphatic carbocycles. The first-order valence-electron chi connectivity index (χ1n) is 4.49. The van der Waals surface area contributed by atoms with Gasteiger partial charge in [-0.2, -0.15) is 5.10 Å². The van der Waals surface area contributed by atoms with Gasteiger partial charge in [0.2, 0.25) is 0 Å². The fourth-order valence-corrected chi connectivity index (χ4v) is 1.75. The SMILES string of the molecule is CC(=O)SCC(O)C(O)c1ccnn1C. The van der Waals surface area contributed by atoms with E-state index in [2.05, 4.69) is 5.10 Å². The van der Waals surface area contributed by atoms with Crippen molar-refractivity contribution in [1.82, 2.24) is 9.78 Å². The second kappa shape index (κ2) is 5.29. The van der Waals surface area contributed by atoms with Crippen LogP contribution in [0.3, 0.4) is 0 Å². The Hall–Kier alpha value is -0.850. The lowest BCUT2D eigenvalue weighted by Crippen LogP contribution is -2.23. The molecule has 1 aromatic rings. The van der Waals surface area contributed by atoms with Gasteiger partial charge in [-0.1, -0.05) is 11.8 Å². The topological polar surface area (TPSA) is 75.3 Å². The van der Waals surface area contributed by atoms with E-state index in [0.29, 0.717) is 5.69 Å². The van der Waals surface area contributed by atoms with E-state index >= 15 is 0 Å². The summed E-state index contributed by atoms with van der Waals surface area (Å²) < 4.78 is 1.49. The second-order valence-electron chi connectivity index (χ2n) is 3.19. The number of hydrogen-bond donors (Lipinski definition) is 2. The average Bonchev–Trinajstić information content (AvgIpc) is 2.59. The Morgan fingerprint density at radius 1 is 1.67 bits per heavy atom. The zero-order valence-electron chi connectivity index (χ0n) is 8.62. The van der Waals surface area contributed by atoms with Crippen LogP contribution in [-0.2, 0) is 11.8 Å². The highest BCUT2D eigenvalue weighted by molar-refractivity contribution is 8.13. The van der Waals surface area contributed by atoms with Crippen molar-refractivity contribution in [2.75, 3.05) is 5.75 Å². The average molecular weight is 230 g/mol. The van der Waals surface area contributed by atoms with Crippen LogP contribution in [0.25, 0.3) is 0 Å². The Bertz CT molecular complexity index is 340. The lowest BCUT2D eigenvalue weighted by atomic mass is 10.1. The molecule has 1 heterocycles. The second-order valence-corrected chi connectivity index (χ2v) is 4.39. The first-order chi connectivity index (χ1) is 7.02. The largest absolute Gasteiger partial charge is 0.389 e. The molecule has 0 amide bonds. The van der Waals surface area contributed by atoms with Crippen LogP contribution in [0, 0.1) is 0 Å². The molecule has 0 aliphatic heterocycles. The molecule has 0 aliphatic rings. The van der Waals surface area contributed by atoms with Gasteiger partial charge in [0.05, 0.1) is 11.8 Å². The van der Waals surface area contributed by atoms with Crippen LogP contribution in [0.15, 0.2) is 12.3 Å². The van der Waals surface area contributed by atoms with Crippen molar-refractivity contribution >= 4 is 16.9 Å². The molecule has 0 saturated heterocycles. The van der Waals surface area contributed by atoms with Crippen LogP contribution in [-0.4, -0.2) is 37.0 Å². The Labute approximate surface area is 92.1 Å². The summed E-state index contributed by atoms with van der Waals surface area (Å²) in [5.41, 5.74) is 0.534. The van der Waals surface area contributed by atoms with Crippen molar-refractivity contribution in [3.05, 3.63) is 18.0 Å². The van der Waals surface area contributed by atoms with E-state index in [9.17, 15) is 15.0 Å². The maximum atomic E-state index is 10.7. The van der Waals surface area contributed by atoms with Crippen molar-refractivity contribution < 1.29 is 15.0 Å². The van der Waals surface area contributed by atoms with Crippen molar-refractivity contribution in [2.24, 2.45) is 7.05 Å². The summed E-state index contributed by atoms with van der Waals surface area (Å²) in [5.74, 6) is 0.182. The molecule has 0 aromatic carbocycles. The van der Waals surface area contributed by atoms with Crippen LogP contribution >= 0.6 is 11.8 Å². The summed E-state index contributed by atoms with van der Waals surface area (Å²) in [6, 6.07) is 1.63. The molecule has 84 valence electrons. The van der Waals surface area contributed by atoms with Gasteiger partial charge >= 0.3 is 0 Å². The molecule has 0 spiro atoms. The zero-order valence-corrected chi connectivity index (χ0v) is 9.44. The molecule has 1 rings (SSSR count). The van der Waals surface area contributed by atoms with Gasteiger partial charge in [0.1, 0.15) is 6.10 Å². The van der Waals surface area contributed by atoms with Crippen LogP contribution in [0.5, 0.6) is 0 Å². The quantitative estimate of drug-likeness (QED) is 0.767. The summed E-state index contributed by atoms with van der Waals surface area (Å²) in [6.45, 7) is 1.42. The van der Waals surface area contributed by atoms with Gasteiger partial charge in [0.25, 0.3) is 0 Å². The third-order valence-corrected chi connectivity index (χ3v) is 2.90. The van der Waals surface area contributed by atoms with E-state index < -0.39 is 12.2 Å². The summed E-state index contributed by atoms with van der Waals surface area (Å²) >= 11 is 0.992. The molecule has 6 heteroatoms. The first-order valence-corrected chi connectivity index (χ1v) is 5.48. The van der Waals surface area contributed by atoms with E-state index in [1.807, 2.05) is 0 Å². The van der Waals surface area contributed by atoms with E-state index in [1.165, 1.54) is 11.6 Å². The fraction of sp³-hybridized carbons (Fsp3) is 0.556. The van der Waals surface area contributed by atoms with Gasteiger partial charge in [-0.15, -0.1) is 0 Å². The summed E-state index contributed by atoms with van der Waals surface area (Å²) in [7, 11) is 1.68. The molecule has 5 nitrogen and oxygen atoms in total. The van der Waals surface area contributed by atoms with Gasteiger partial charge in [-0.3, -0.25) is 9.48 Å². The normalized spacial score (nSPS) is 14.9. The number of aryl methyl sites for hydroxylation is 1. The van der Waals surface area contributed by atoms with Gasteiger partial charge < -0.3 is 10.2 Å². The van der Waals surface area contributed by atoms with E-state index in [4.69, 9.17) is 0 Å². The molecule has 15 heavy (non-hydrogen) atoms. The molecule has 0 fully saturated rings. The van der Waals surface area contributed by atoms with Crippen LogP contribution in [0.4, 0.5) is 0 Å². The lowest BCUT2D eigenvalue weighted by molar-refractivity contribution is -0.109. The number of rotatable bonds is 4. The minimum atomic E-state index is -1.01. The lowest BCUT2D eigenvalue weighted by Gasteiger charge is -2.16. The molecule has 0 radical (unpaired) electrons. The monoisotopic (exact) mass is 230 g/mol. The highest BCUT2D eigenvalue weighted by Gasteiger charge is 2.21. The van der Waals surface area contributed by atoms with Crippen LogP contribution < -0.4 is 0 Å². The third-order valence-electron chi connectivity index (χ3n) is 1.98. The maximum Gasteiger partial charge on any atom is 0.185 e. The Morgan fingerprint density at radius 2 is 2.33 bits per heavy atom. The number of carbonyl (C=O) groups excluding carboxylic acids is 1. The predicted octanol–water partition coefficient (Wildman–Crippen LogP) is 0.0941. The molecule has 2 atom stereocenters. The first kappa shape index (κ1) is 12.2. The molecular weight excluding hydrogens is 216 g/mol. The van der Waals surface area contributed by atoms with E-state index in [0.717, 1.165) is 11.8 Å². The Kier molecular flexibility index (Phi) is 4.31. The number of aliphatic hydroxyl groups is 2. The molecular formula is C9H14N2O3S. The van der Waals surface area contributed by atoms with Crippen molar-refractivity contribution in [1.29, 1.82) is 0 Å². The summed E-state index contributed by atoms with van der Waals surface area (Å²) in [4.78, 5) is 10.7. The molecule has 1 aromatic heterocycles. The van der Waals surface area contributed by atoms with Gasteiger partial charge in [0, 0.05) is 25.9 Å². The predicted molar refractivity (Wildman–Crippen MR) is 57.3 cm³/mol. The van der Waals surface area contributed by atoms with Gasteiger partial charge in [-0.25, -0.2) is 0 Å². The minimum Gasteiger partial charge on any atom is -0.389 e. The molecule has 0 bridgehead atoms. The maximum absolute atomic E-state index is 10.7. The van der Waals surface area contributed by atoms with Crippen LogP contribution in [0.2, 0.25) is 0 Å². The number of thioether (sulfide) groups is 1. The summed E-state index contributed by atoms with van der Waals surface area (Å²) in [6.07, 6.45) is -0.428. The molecule has 0 saturated carbocycles. The highest BCUT2D eigenvalue weighted by atomic mass is 32.2. The minimum absolute atomic E-state index is 0.0775. The third kappa shape index (κ3) is 3.33.